The predicted molar refractivity (Wildman–Crippen MR) is 96.0 cm³/mol. The molecule has 1 aromatic heterocycles. The monoisotopic (exact) mass is 383 g/mol. The Bertz CT molecular complexity index is 1050. The first kappa shape index (κ1) is 19.9. The highest BCUT2D eigenvalue weighted by Crippen LogP contribution is 2.18. The summed E-state index contributed by atoms with van der Waals surface area (Å²) in [5, 5.41) is 2.56. The molecule has 0 aliphatic rings. The van der Waals surface area contributed by atoms with Crippen LogP contribution in [0.4, 0.5) is 0 Å². The molecule has 0 spiro atoms. The molecule has 10 heteroatoms. The summed E-state index contributed by atoms with van der Waals surface area (Å²) < 4.78 is 32.1. The van der Waals surface area contributed by atoms with Gasteiger partial charge in [-0.05, 0) is 18.2 Å². The molecule has 1 aromatic carbocycles. The van der Waals surface area contributed by atoms with Crippen LogP contribution in [0.25, 0.3) is 11.0 Å². The predicted octanol–water partition coefficient (Wildman–Crippen LogP) is -0.836. The number of rotatable bonds is 7. The minimum absolute atomic E-state index is 0.0108. The summed E-state index contributed by atoms with van der Waals surface area (Å²) in [6.45, 7) is 0.650. The number of nitrogens with one attached hydrogen (secondary N) is 1. The summed E-state index contributed by atoms with van der Waals surface area (Å²) in [6.07, 6.45) is -0.184. The lowest BCUT2D eigenvalue weighted by molar-refractivity contribution is -0.120. The zero-order chi connectivity index (χ0) is 19.5. The van der Waals surface area contributed by atoms with Crippen LogP contribution in [0, 0.1) is 0 Å². The summed E-state index contributed by atoms with van der Waals surface area (Å²) in [6, 6.07) is 4.18. The van der Waals surface area contributed by atoms with E-state index in [-0.39, 0.29) is 23.0 Å². The standard InChI is InChI=1S/C16H21N3O6S/c1-18-12-5-4-11(10-13(12)19(2)16(22)15(18)21)26(23,24)9-6-14(20)17-7-8-25-3/h4-5,10H,6-9H2,1-3H3,(H,17,20). The number of sulfone groups is 1. The summed E-state index contributed by atoms with van der Waals surface area (Å²) in [5.41, 5.74) is -0.675. The fraction of sp³-hybridized carbons (Fsp3) is 0.438. The average molecular weight is 383 g/mol. The van der Waals surface area contributed by atoms with Crippen LogP contribution < -0.4 is 16.4 Å². The Morgan fingerprint density at radius 2 is 1.73 bits per heavy atom. The van der Waals surface area contributed by atoms with Gasteiger partial charge in [-0.1, -0.05) is 0 Å². The van der Waals surface area contributed by atoms with Crippen LogP contribution in [-0.4, -0.2) is 49.5 Å². The third-order valence-electron chi connectivity index (χ3n) is 4.05. The molecule has 0 radical (unpaired) electrons. The number of nitrogens with zero attached hydrogens (tertiary/aromatic N) is 2. The number of aromatic nitrogens is 2. The summed E-state index contributed by atoms with van der Waals surface area (Å²) in [4.78, 5) is 35.4. The Labute approximate surface area is 150 Å². The molecule has 2 aromatic rings. The first-order valence-electron chi connectivity index (χ1n) is 7.87. The zero-order valence-corrected chi connectivity index (χ0v) is 15.6. The highest BCUT2D eigenvalue weighted by atomic mass is 32.2. The van der Waals surface area contributed by atoms with E-state index < -0.39 is 21.0 Å². The zero-order valence-electron chi connectivity index (χ0n) is 14.8. The molecule has 0 bridgehead atoms. The molecule has 0 saturated carbocycles. The molecule has 1 heterocycles. The molecular weight excluding hydrogens is 362 g/mol. The van der Waals surface area contributed by atoms with Gasteiger partial charge in [-0.2, -0.15) is 0 Å². The van der Waals surface area contributed by atoms with Gasteiger partial charge >= 0.3 is 11.1 Å². The number of benzene rings is 1. The van der Waals surface area contributed by atoms with Gasteiger partial charge in [0, 0.05) is 34.2 Å². The maximum absolute atomic E-state index is 12.5. The van der Waals surface area contributed by atoms with E-state index >= 15 is 0 Å². The van der Waals surface area contributed by atoms with Crippen molar-refractivity contribution in [3.05, 3.63) is 38.9 Å². The van der Waals surface area contributed by atoms with Crippen LogP contribution in [0.2, 0.25) is 0 Å². The molecule has 1 N–H and O–H groups in total. The smallest absolute Gasteiger partial charge is 0.316 e. The Morgan fingerprint density at radius 3 is 2.35 bits per heavy atom. The van der Waals surface area contributed by atoms with Crippen molar-refractivity contribution in [2.45, 2.75) is 11.3 Å². The SMILES string of the molecule is COCCNC(=O)CCS(=O)(=O)c1ccc2c(c1)n(C)c(=O)c(=O)n2C. The van der Waals surface area contributed by atoms with E-state index in [9.17, 15) is 22.8 Å². The number of aryl methyl sites for hydroxylation is 2. The van der Waals surface area contributed by atoms with Crippen LogP contribution in [0.5, 0.6) is 0 Å². The first-order chi connectivity index (χ1) is 12.2. The minimum atomic E-state index is -3.72. The van der Waals surface area contributed by atoms with Crippen molar-refractivity contribution in [2.75, 3.05) is 26.0 Å². The Morgan fingerprint density at radius 1 is 1.12 bits per heavy atom. The van der Waals surface area contributed by atoms with Gasteiger partial charge in [-0.25, -0.2) is 8.42 Å². The average Bonchev–Trinajstić information content (AvgIpc) is 2.62. The van der Waals surface area contributed by atoms with Gasteiger partial charge in [0.05, 0.1) is 28.3 Å². The second-order valence-corrected chi connectivity index (χ2v) is 7.90. The quantitative estimate of drug-likeness (QED) is 0.492. The number of carbonyl (C=O) groups is 1. The molecule has 142 valence electrons. The highest BCUT2D eigenvalue weighted by molar-refractivity contribution is 7.91. The first-order valence-corrected chi connectivity index (χ1v) is 9.52. The molecule has 1 amide bonds. The number of ether oxygens (including phenoxy) is 1. The molecule has 0 saturated heterocycles. The van der Waals surface area contributed by atoms with E-state index in [0.717, 1.165) is 4.57 Å². The summed E-state index contributed by atoms with van der Waals surface area (Å²) in [5.74, 6) is -0.752. The third-order valence-corrected chi connectivity index (χ3v) is 5.76. The van der Waals surface area contributed by atoms with Crippen LogP contribution in [0.1, 0.15) is 6.42 Å². The normalized spacial score (nSPS) is 11.7. The minimum Gasteiger partial charge on any atom is -0.383 e. The van der Waals surface area contributed by atoms with Crippen molar-refractivity contribution < 1.29 is 17.9 Å². The van der Waals surface area contributed by atoms with Crippen molar-refractivity contribution in [2.24, 2.45) is 14.1 Å². The van der Waals surface area contributed by atoms with Crippen molar-refractivity contribution >= 4 is 26.8 Å². The number of hydrogen-bond donors (Lipinski definition) is 1. The van der Waals surface area contributed by atoms with Gasteiger partial charge in [-0.3, -0.25) is 14.4 Å². The van der Waals surface area contributed by atoms with Crippen LogP contribution in [0.3, 0.4) is 0 Å². The van der Waals surface area contributed by atoms with E-state index in [2.05, 4.69) is 5.32 Å². The summed E-state index contributed by atoms with van der Waals surface area (Å²) in [7, 11) is 0.632. The Hall–Kier alpha value is -2.46. The lowest BCUT2D eigenvalue weighted by atomic mass is 10.3. The molecule has 0 aliphatic heterocycles. The van der Waals surface area contributed by atoms with Crippen molar-refractivity contribution in [3.8, 4) is 0 Å². The van der Waals surface area contributed by atoms with E-state index in [1.807, 2.05) is 0 Å². The number of hydrogen-bond acceptors (Lipinski definition) is 6. The maximum atomic E-state index is 12.5. The topological polar surface area (TPSA) is 116 Å². The van der Waals surface area contributed by atoms with Gasteiger partial charge in [0.1, 0.15) is 0 Å². The summed E-state index contributed by atoms with van der Waals surface area (Å²) >= 11 is 0. The number of carbonyl (C=O) groups excluding carboxylic acids is 1. The molecule has 26 heavy (non-hydrogen) atoms. The molecular formula is C16H21N3O6S. The molecule has 0 unspecified atom stereocenters. The molecule has 9 nitrogen and oxygen atoms in total. The van der Waals surface area contributed by atoms with Gasteiger partial charge in [0.2, 0.25) is 5.91 Å². The van der Waals surface area contributed by atoms with E-state index in [0.29, 0.717) is 24.2 Å². The van der Waals surface area contributed by atoms with Gasteiger partial charge in [-0.15, -0.1) is 0 Å². The Kier molecular flexibility index (Phi) is 5.98. The second-order valence-electron chi connectivity index (χ2n) is 5.79. The maximum Gasteiger partial charge on any atom is 0.316 e. The number of fused-ring (bicyclic) bond motifs is 1. The van der Waals surface area contributed by atoms with Gasteiger partial charge < -0.3 is 19.2 Å². The highest BCUT2D eigenvalue weighted by Gasteiger charge is 2.18. The van der Waals surface area contributed by atoms with Crippen LogP contribution in [-0.2, 0) is 33.5 Å². The van der Waals surface area contributed by atoms with E-state index in [4.69, 9.17) is 4.74 Å². The van der Waals surface area contributed by atoms with Crippen molar-refractivity contribution in [1.29, 1.82) is 0 Å². The van der Waals surface area contributed by atoms with E-state index in [1.165, 1.54) is 44.0 Å². The van der Waals surface area contributed by atoms with Crippen molar-refractivity contribution in [3.63, 3.8) is 0 Å². The van der Waals surface area contributed by atoms with Gasteiger partial charge in [0.25, 0.3) is 0 Å². The van der Waals surface area contributed by atoms with E-state index in [1.54, 1.807) is 0 Å². The fourth-order valence-corrected chi connectivity index (χ4v) is 3.74. The van der Waals surface area contributed by atoms with Crippen LogP contribution in [0.15, 0.2) is 32.7 Å². The lowest BCUT2D eigenvalue weighted by Crippen LogP contribution is -2.39. The second kappa shape index (κ2) is 7.83. The lowest BCUT2D eigenvalue weighted by Gasteiger charge is -2.11. The number of methoxy groups -OCH3 is 1. The molecule has 0 fully saturated rings. The molecule has 2 rings (SSSR count). The van der Waals surface area contributed by atoms with Crippen LogP contribution >= 0.6 is 0 Å². The number of amides is 1. The van der Waals surface area contributed by atoms with Gasteiger partial charge in [0.15, 0.2) is 9.84 Å². The van der Waals surface area contributed by atoms with Crippen molar-refractivity contribution in [1.82, 2.24) is 14.5 Å². The molecule has 0 atom stereocenters. The fourth-order valence-electron chi connectivity index (χ4n) is 2.48. The molecule has 0 aliphatic carbocycles. The largest absolute Gasteiger partial charge is 0.383 e. The Balaban J connectivity index is 2.30. The third kappa shape index (κ3) is 4.02.